The molecule has 0 spiro atoms. The molecule has 20 heavy (non-hydrogen) atoms. The lowest BCUT2D eigenvalue weighted by molar-refractivity contribution is -0.117. The molecule has 0 radical (unpaired) electrons. The Balaban J connectivity index is 1.97. The van der Waals surface area contributed by atoms with E-state index in [1.54, 1.807) is 0 Å². The molecule has 2 aromatic carbocycles. The average Bonchev–Trinajstić information content (AvgIpc) is 2.39. The highest BCUT2D eigenvalue weighted by molar-refractivity contribution is 5.83. The largest absolute Gasteiger partial charge is 0.399 e. The third-order valence-electron chi connectivity index (χ3n) is 3.21. The van der Waals surface area contributed by atoms with E-state index in [-0.39, 0.29) is 5.78 Å². The molecule has 2 N–H and O–H groups in total. The van der Waals surface area contributed by atoms with E-state index in [9.17, 15) is 4.79 Å². The molecule has 0 saturated heterocycles. The van der Waals surface area contributed by atoms with E-state index in [2.05, 4.69) is 0 Å². The van der Waals surface area contributed by atoms with Crippen LogP contribution < -0.4 is 10.6 Å². The number of nitrogen functional groups attached to an aromatic ring is 1. The SMILES string of the molecule is CN(C)c1ccc(CC(=O)Cc2cccc(N)c2)cc1. The zero-order valence-corrected chi connectivity index (χ0v) is 12.0. The molecular formula is C17H20N2O. The van der Waals surface area contributed by atoms with Gasteiger partial charge >= 0.3 is 0 Å². The number of ketones is 1. The van der Waals surface area contributed by atoms with E-state index in [0.29, 0.717) is 18.5 Å². The van der Waals surface area contributed by atoms with E-state index in [1.807, 2.05) is 67.5 Å². The summed E-state index contributed by atoms with van der Waals surface area (Å²) in [5.41, 5.74) is 9.57. The van der Waals surface area contributed by atoms with Crippen molar-refractivity contribution >= 4 is 17.2 Å². The van der Waals surface area contributed by atoms with Crippen molar-refractivity contribution in [1.29, 1.82) is 0 Å². The Morgan fingerprint density at radius 3 is 2.25 bits per heavy atom. The predicted molar refractivity (Wildman–Crippen MR) is 84.0 cm³/mol. The Morgan fingerprint density at radius 2 is 1.65 bits per heavy atom. The first-order chi connectivity index (χ1) is 9.54. The van der Waals surface area contributed by atoms with Gasteiger partial charge in [-0.3, -0.25) is 4.79 Å². The standard InChI is InChI=1S/C17H20N2O/c1-19(2)16-8-6-13(7-9-16)11-17(20)12-14-4-3-5-15(18)10-14/h3-10H,11-12,18H2,1-2H3. The maximum absolute atomic E-state index is 12.1. The summed E-state index contributed by atoms with van der Waals surface area (Å²) in [7, 11) is 4.00. The number of carbonyl (C=O) groups excluding carboxylic acids is 1. The number of nitrogens with zero attached hydrogens (tertiary/aromatic N) is 1. The molecule has 0 aromatic heterocycles. The highest BCUT2D eigenvalue weighted by Gasteiger charge is 2.06. The van der Waals surface area contributed by atoms with Gasteiger partial charge in [-0.1, -0.05) is 24.3 Å². The van der Waals surface area contributed by atoms with Crippen LogP contribution in [0.3, 0.4) is 0 Å². The second kappa shape index (κ2) is 6.24. The molecule has 0 aliphatic heterocycles. The molecule has 2 rings (SSSR count). The third kappa shape index (κ3) is 3.85. The number of Topliss-reactive ketones (excluding diaryl/α,β-unsaturated/α-hetero) is 1. The third-order valence-corrected chi connectivity index (χ3v) is 3.21. The molecule has 0 fully saturated rings. The van der Waals surface area contributed by atoms with E-state index < -0.39 is 0 Å². The Kier molecular flexibility index (Phi) is 4.41. The summed E-state index contributed by atoms with van der Waals surface area (Å²) >= 11 is 0. The zero-order chi connectivity index (χ0) is 14.5. The molecule has 0 aliphatic carbocycles. The number of rotatable bonds is 5. The van der Waals surface area contributed by atoms with Gasteiger partial charge in [-0.25, -0.2) is 0 Å². The van der Waals surface area contributed by atoms with Crippen LogP contribution in [-0.4, -0.2) is 19.9 Å². The molecule has 0 saturated carbocycles. The number of carbonyl (C=O) groups is 1. The Bertz CT molecular complexity index is 588. The molecule has 0 heterocycles. The molecule has 0 bridgehead atoms. The van der Waals surface area contributed by atoms with Gasteiger partial charge < -0.3 is 10.6 Å². The fourth-order valence-corrected chi connectivity index (χ4v) is 2.13. The maximum Gasteiger partial charge on any atom is 0.141 e. The molecule has 0 unspecified atom stereocenters. The van der Waals surface area contributed by atoms with Crippen LogP contribution in [0.1, 0.15) is 11.1 Å². The fourth-order valence-electron chi connectivity index (χ4n) is 2.13. The van der Waals surface area contributed by atoms with Crippen molar-refractivity contribution in [2.45, 2.75) is 12.8 Å². The van der Waals surface area contributed by atoms with Crippen LogP contribution in [0.25, 0.3) is 0 Å². The van der Waals surface area contributed by atoms with Crippen LogP contribution in [0.2, 0.25) is 0 Å². The lowest BCUT2D eigenvalue weighted by Crippen LogP contribution is -2.09. The lowest BCUT2D eigenvalue weighted by atomic mass is 10.0. The average molecular weight is 268 g/mol. The van der Waals surface area contributed by atoms with E-state index in [1.165, 1.54) is 0 Å². The fraction of sp³-hybridized carbons (Fsp3) is 0.235. The van der Waals surface area contributed by atoms with Gasteiger partial charge in [0.2, 0.25) is 0 Å². The molecule has 0 aliphatic rings. The van der Waals surface area contributed by atoms with Crippen LogP contribution in [0.4, 0.5) is 11.4 Å². The summed E-state index contributed by atoms with van der Waals surface area (Å²) in [4.78, 5) is 14.1. The Hall–Kier alpha value is -2.29. The first-order valence-corrected chi connectivity index (χ1v) is 6.67. The molecule has 2 aromatic rings. The Morgan fingerprint density at radius 1 is 1.00 bits per heavy atom. The summed E-state index contributed by atoms with van der Waals surface area (Å²) in [5, 5.41) is 0. The van der Waals surface area contributed by atoms with Crippen molar-refractivity contribution < 1.29 is 4.79 Å². The van der Waals surface area contributed by atoms with Gasteiger partial charge in [-0.15, -0.1) is 0 Å². The van der Waals surface area contributed by atoms with Crippen molar-refractivity contribution in [3.05, 3.63) is 59.7 Å². The number of hydrogen-bond donors (Lipinski definition) is 1. The summed E-state index contributed by atoms with van der Waals surface area (Å²) in [6.07, 6.45) is 0.892. The highest BCUT2D eigenvalue weighted by Crippen LogP contribution is 2.14. The van der Waals surface area contributed by atoms with Gasteiger partial charge in [0, 0.05) is 38.3 Å². The first-order valence-electron chi connectivity index (χ1n) is 6.67. The summed E-state index contributed by atoms with van der Waals surface area (Å²) < 4.78 is 0. The van der Waals surface area contributed by atoms with Crippen LogP contribution in [0.15, 0.2) is 48.5 Å². The smallest absolute Gasteiger partial charge is 0.141 e. The van der Waals surface area contributed by atoms with Gasteiger partial charge in [0.15, 0.2) is 0 Å². The zero-order valence-electron chi connectivity index (χ0n) is 12.0. The molecular weight excluding hydrogens is 248 g/mol. The molecule has 0 atom stereocenters. The highest BCUT2D eigenvalue weighted by atomic mass is 16.1. The second-order valence-corrected chi connectivity index (χ2v) is 5.20. The lowest BCUT2D eigenvalue weighted by Gasteiger charge is -2.12. The topological polar surface area (TPSA) is 46.3 Å². The van der Waals surface area contributed by atoms with Crippen molar-refractivity contribution in [2.75, 3.05) is 24.7 Å². The maximum atomic E-state index is 12.1. The van der Waals surface area contributed by atoms with Crippen molar-refractivity contribution in [1.82, 2.24) is 0 Å². The van der Waals surface area contributed by atoms with Gasteiger partial charge in [0.1, 0.15) is 5.78 Å². The normalized spacial score (nSPS) is 10.3. The van der Waals surface area contributed by atoms with Crippen LogP contribution in [0, 0.1) is 0 Å². The minimum atomic E-state index is 0.202. The van der Waals surface area contributed by atoms with Crippen LogP contribution in [-0.2, 0) is 17.6 Å². The molecule has 3 heteroatoms. The quantitative estimate of drug-likeness (QED) is 0.848. The van der Waals surface area contributed by atoms with Crippen molar-refractivity contribution in [3.63, 3.8) is 0 Å². The van der Waals surface area contributed by atoms with Crippen LogP contribution in [0.5, 0.6) is 0 Å². The first kappa shape index (κ1) is 14.1. The van der Waals surface area contributed by atoms with Gasteiger partial charge in [0.25, 0.3) is 0 Å². The van der Waals surface area contributed by atoms with E-state index in [4.69, 9.17) is 5.73 Å². The Labute approximate surface area is 120 Å². The molecule has 3 nitrogen and oxygen atoms in total. The minimum Gasteiger partial charge on any atom is -0.399 e. The van der Waals surface area contributed by atoms with Crippen LogP contribution >= 0.6 is 0 Å². The summed E-state index contributed by atoms with van der Waals surface area (Å²) in [6.45, 7) is 0. The molecule has 104 valence electrons. The van der Waals surface area contributed by atoms with Crippen molar-refractivity contribution in [2.24, 2.45) is 0 Å². The summed E-state index contributed by atoms with van der Waals surface area (Å²) in [5.74, 6) is 0.202. The molecule has 0 amide bonds. The van der Waals surface area contributed by atoms with Gasteiger partial charge in [-0.05, 0) is 35.4 Å². The van der Waals surface area contributed by atoms with E-state index in [0.717, 1.165) is 16.8 Å². The van der Waals surface area contributed by atoms with E-state index >= 15 is 0 Å². The minimum absolute atomic E-state index is 0.202. The summed E-state index contributed by atoms with van der Waals surface area (Å²) in [6, 6.07) is 15.6. The monoisotopic (exact) mass is 268 g/mol. The number of nitrogens with two attached hydrogens (primary N) is 1. The van der Waals surface area contributed by atoms with Crippen molar-refractivity contribution in [3.8, 4) is 0 Å². The predicted octanol–water partition coefficient (Wildman–Crippen LogP) is 2.69. The number of anilines is 2. The number of hydrogen-bond acceptors (Lipinski definition) is 3. The van der Waals surface area contributed by atoms with Gasteiger partial charge in [0.05, 0.1) is 0 Å². The second-order valence-electron chi connectivity index (χ2n) is 5.20. The number of benzene rings is 2. The van der Waals surface area contributed by atoms with Gasteiger partial charge in [-0.2, -0.15) is 0 Å².